The standard InChI is InChI=1S/C15H20N2OS/c1-11(2)9-16-10-13-5-4-7-17-15(13)19-14-6-8-18-12(14)3/h4-8,11,16H,9-10H2,1-3H3. The summed E-state index contributed by atoms with van der Waals surface area (Å²) >= 11 is 1.66. The van der Waals surface area contributed by atoms with Crippen LogP contribution >= 0.6 is 11.8 Å². The van der Waals surface area contributed by atoms with Gasteiger partial charge in [-0.3, -0.25) is 0 Å². The zero-order valence-electron chi connectivity index (χ0n) is 11.6. The molecule has 2 rings (SSSR count). The second-order valence-electron chi connectivity index (χ2n) is 4.94. The number of hydrogen-bond donors (Lipinski definition) is 1. The van der Waals surface area contributed by atoms with Crippen molar-refractivity contribution in [3.63, 3.8) is 0 Å². The molecule has 2 aromatic rings. The summed E-state index contributed by atoms with van der Waals surface area (Å²) in [6, 6.07) is 6.09. The second kappa shape index (κ2) is 6.78. The van der Waals surface area contributed by atoms with Crippen LogP contribution in [0.4, 0.5) is 0 Å². The number of nitrogens with zero attached hydrogens (tertiary/aromatic N) is 1. The topological polar surface area (TPSA) is 38.1 Å². The summed E-state index contributed by atoms with van der Waals surface area (Å²) < 4.78 is 5.32. The van der Waals surface area contributed by atoms with E-state index in [1.807, 2.05) is 25.3 Å². The Morgan fingerprint density at radius 1 is 1.37 bits per heavy atom. The fraction of sp³-hybridized carbons (Fsp3) is 0.400. The monoisotopic (exact) mass is 276 g/mol. The van der Waals surface area contributed by atoms with Gasteiger partial charge in [-0.2, -0.15) is 0 Å². The van der Waals surface area contributed by atoms with Gasteiger partial charge in [-0.05, 0) is 37.1 Å². The van der Waals surface area contributed by atoms with E-state index in [-0.39, 0.29) is 0 Å². The normalized spacial score (nSPS) is 11.2. The van der Waals surface area contributed by atoms with Crippen LogP contribution in [-0.4, -0.2) is 11.5 Å². The highest BCUT2D eigenvalue weighted by Gasteiger charge is 2.09. The van der Waals surface area contributed by atoms with Crippen LogP contribution in [0.1, 0.15) is 25.2 Å². The molecule has 0 saturated heterocycles. The predicted octanol–water partition coefficient (Wildman–Crippen LogP) is 3.88. The molecule has 3 nitrogen and oxygen atoms in total. The van der Waals surface area contributed by atoms with E-state index >= 15 is 0 Å². The lowest BCUT2D eigenvalue weighted by atomic mass is 10.2. The molecule has 102 valence electrons. The van der Waals surface area contributed by atoms with Crippen molar-refractivity contribution in [1.82, 2.24) is 10.3 Å². The first-order valence-corrected chi connectivity index (χ1v) is 7.35. The molecule has 0 saturated carbocycles. The highest BCUT2D eigenvalue weighted by Crippen LogP contribution is 2.31. The van der Waals surface area contributed by atoms with Gasteiger partial charge in [-0.15, -0.1) is 0 Å². The van der Waals surface area contributed by atoms with E-state index in [1.165, 1.54) is 5.56 Å². The Morgan fingerprint density at radius 2 is 2.21 bits per heavy atom. The third-order valence-electron chi connectivity index (χ3n) is 2.74. The Hall–Kier alpha value is -1.26. The molecular formula is C15H20N2OS. The van der Waals surface area contributed by atoms with Crippen molar-refractivity contribution < 1.29 is 4.42 Å². The lowest BCUT2D eigenvalue weighted by Crippen LogP contribution is -2.19. The largest absolute Gasteiger partial charge is 0.468 e. The number of aromatic nitrogens is 1. The Bertz CT molecular complexity index is 522. The van der Waals surface area contributed by atoms with Gasteiger partial charge in [0, 0.05) is 12.7 Å². The average Bonchev–Trinajstić information content (AvgIpc) is 2.77. The van der Waals surface area contributed by atoms with Crippen LogP contribution < -0.4 is 5.32 Å². The van der Waals surface area contributed by atoms with E-state index in [2.05, 4.69) is 30.2 Å². The van der Waals surface area contributed by atoms with Gasteiger partial charge in [0.25, 0.3) is 0 Å². The van der Waals surface area contributed by atoms with Crippen molar-refractivity contribution in [2.75, 3.05) is 6.54 Å². The van der Waals surface area contributed by atoms with Gasteiger partial charge < -0.3 is 9.73 Å². The van der Waals surface area contributed by atoms with Crippen molar-refractivity contribution in [3.8, 4) is 0 Å². The number of aryl methyl sites for hydroxylation is 1. The molecule has 0 radical (unpaired) electrons. The lowest BCUT2D eigenvalue weighted by Gasteiger charge is -2.10. The summed E-state index contributed by atoms with van der Waals surface area (Å²) in [4.78, 5) is 5.60. The van der Waals surface area contributed by atoms with E-state index in [9.17, 15) is 0 Å². The SMILES string of the molecule is Cc1occc1Sc1ncccc1CNCC(C)C. The van der Waals surface area contributed by atoms with Crippen molar-refractivity contribution >= 4 is 11.8 Å². The van der Waals surface area contributed by atoms with E-state index in [0.717, 1.165) is 28.8 Å². The van der Waals surface area contributed by atoms with Crippen LogP contribution in [0, 0.1) is 12.8 Å². The third kappa shape index (κ3) is 4.11. The van der Waals surface area contributed by atoms with Gasteiger partial charge in [0.1, 0.15) is 10.8 Å². The van der Waals surface area contributed by atoms with Gasteiger partial charge in [-0.1, -0.05) is 31.7 Å². The number of furan rings is 1. The molecule has 19 heavy (non-hydrogen) atoms. The van der Waals surface area contributed by atoms with Crippen LogP contribution in [-0.2, 0) is 6.54 Å². The molecule has 0 fully saturated rings. The number of pyridine rings is 1. The number of nitrogens with one attached hydrogen (secondary N) is 1. The van der Waals surface area contributed by atoms with E-state index < -0.39 is 0 Å². The first-order valence-electron chi connectivity index (χ1n) is 6.53. The second-order valence-corrected chi connectivity index (χ2v) is 5.97. The summed E-state index contributed by atoms with van der Waals surface area (Å²) in [5.74, 6) is 1.60. The Morgan fingerprint density at radius 3 is 2.89 bits per heavy atom. The van der Waals surface area contributed by atoms with Gasteiger partial charge in [0.2, 0.25) is 0 Å². The van der Waals surface area contributed by atoms with Crippen LogP contribution in [0.2, 0.25) is 0 Å². The Labute approximate surface area is 118 Å². The molecule has 0 bridgehead atoms. The van der Waals surface area contributed by atoms with Crippen molar-refractivity contribution in [3.05, 3.63) is 42.0 Å². The van der Waals surface area contributed by atoms with Crippen LogP contribution in [0.5, 0.6) is 0 Å². The molecule has 2 heterocycles. The highest BCUT2D eigenvalue weighted by atomic mass is 32.2. The van der Waals surface area contributed by atoms with E-state index in [4.69, 9.17) is 4.42 Å². The van der Waals surface area contributed by atoms with Crippen LogP contribution in [0.3, 0.4) is 0 Å². The number of rotatable bonds is 6. The Kier molecular flexibility index (Phi) is 5.05. The minimum absolute atomic E-state index is 0.656. The molecule has 0 aliphatic carbocycles. The maximum Gasteiger partial charge on any atom is 0.114 e. The number of hydrogen-bond acceptors (Lipinski definition) is 4. The lowest BCUT2D eigenvalue weighted by molar-refractivity contribution is 0.527. The summed E-state index contributed by atoms with van der Waals surface area (Å²) in [6.07, 6.45) is 3.56. The van der Waals surface area contributed by atoms with Crippen molar-refractivity contribution in [1.29, 1.82) is 0 Å². The fourth-order valence-corrected chi connectivity index (χ4v) is 2.64. The molecule has 0 aliphatic rings. The zero-order valence-corrected chi connectivity index (χ0v) is 12.5. The van der Waals surface area contributed by atoms with Crippen LogP contribution in [0.15, 0.2) is 45.0 Å². The fourth-order valence-electron chi connectivity index (χ4n) is 1.73. The molecule has 0 spiro atoms. The first kappa shape index (κ1) is 14.2. The molecular weight excluding hydrogens is 256 g/mol. The maximum atomic E-state index is 5.32. The molecule has 0 atom stereocenters. The molecule has 0 aliphatic heterocycles. The Balaban J connectivity index is 2.06. The van der Waals surface area contributed by atoms with Crippen molar-refractivity contribution in [2.45, 2.75) is 37.2 Å². The molecule has 1 N–H and O–H groups in total. The molecule has 2 aromatic heterocycles. The minimum atomic E-state index is 0.656. The van der Waals surface area contributed by atoms with Gasteiger partial charge in [0.05, 0.1) is 11.2 Å². The molecule has 0 unspecified atom stereocenters. The first-order chi connectivity index (χ1) is 9.16. The third-order valence-corrected chi connectivity index (χ3v) is 3.94. The quantitative estimate of drug-likeness (QED) is 0.869. The van der Waals surface area contributed by atoms with E-state index in [1.54, 1.807) is 18.0 Å². The maximum absolute atomic E-state index is 5.32. The smallest absolute Gasteiger partial charge is 0.114 e. The average molecular weight is 276 g/mol. The zero-order chi connectivity index (χ0) is 13.7. The molecule has 4 heteroatoms. The summed E-state index contributed by atoms with van der Waals surface area (Å²) in [5.41, 5.74) is 1.23. The molecule has 0 aromatic carbocycles. The summed E-state index contributed by atoms with van der Waals surface area (Å²) in [6.45, 7) is 8.26. The van der Waals surface area contributed by atoms with Crippen molar-refractivity contribution in [2.24, 2.45) is 5.92 Å². The van der Waals surface area contributed by atoms with Gasteiger partial charge >= 0.3 is 0 Å². The predicted molar refractivity (Wildman–Crippen MR) is 78.3 cm³/mol. The summed E-state index contributed by atoms with van der Waals surface area (Å²) in [5, 5.41) is 4.50. The van der Waals surface area contributed by atoms with E-state index in [0.29, 0.717) is 5.92 Å². The van der Waals surface area contributed by atoms with Crippen LogP contribution in [0.25, 0.3) is 0 Å². The van der Waals surface area contributed by atoms with Gasteiger partial charge in [0.15, 0.2) is 0 Å². The minimum Gasteiger partial charge on any atom is -0.468 e. The van der Waals surface area contributed by atoms with Gasteiger partial charge in [-0.25, -0.2) is 4.98 Å². The highest BCUT2D eigenvalue weighted by molar-refractivity contribution is 7.99. The molecule has 0 amide bonds. The summed E-state index contributed by atoms with van der Waals surface area (Å²) in [7, 11) is 0.